The third-order valence-corrected chi connectivity index (χ3v) is 7.21. The van der Waals surface area contributed by atoms with Crippen LogP contribution in [0.5, 0.6) is 5.75 Å². The molecule has 2 amide bonds. The van der Waals surface area contributed by atoms with Gasteiger partial charge in [-0.25, -0.2) is 8.42 Å². The smallest absolute Gasteiger partial charge is 0.244 e. The number of amides is 2. The van der Waals surface area contributed by atoms with E-state index >= 15 is 0 Å². The molecule has 0 radical (unpaired) electrons. The average molecular weight is 559 g/mol. The van der Waals surface area contributed by atoms with Gasteiger partial charge in [-0.1, -0.05) is 48.3 Å². The van der Waals surface area contributed by atoms with E-state index in [1.807, 2.05) is 20.8 Å². The minimum atomic E-state index is -3.92. The van der Waals surface area contributed by atoms with Gasteiger partial charge in [0, 0.05) is 12.1 Å². The second-order valence-corrected chi connectivity index (χ2v) is 12.1. The standard InChI is InChI=1S/C25H33Cl2N3O5S/c1-7-20(24(32)28-25(2,3)4)29(15-17-11-13-18(35-5)14-12-17)22(31)16-30(36(6,33)34)21-10-8-9-19(26)23(21)27/h8-14,20H,7,15-16H2,1-6H3,(H,28,32)/t20-/m1/s1. The highest BCUT2D eigenvalue weighted by Crippen LogP contribution is 2.33. The van der Waals surface area contributed by atoms with Crippen LogP contribution < -0.4 is 14.4 Å². The van der Waals surface area contributed by atoms with Crippen LogP contribution >= 0.6 is 23.2 Å². The van der Waals surface area contributed by atoms with Gasteiger partial charge in [-0.3, -0.25) is 13.9 Å². The molecule has 0 aliphatic rings. The first kappa shape index (κ1) is 29.7. The van der Waals surface area contributed by atoms with Crippen molar-refractivity contribution in [2.24, 2.45) is 0 Å². The van der Waals surface area contributed by atoms with Crippen LogP contribution in [0.25, 0.3) is 0 Å². The summed E-state index contributed by atoms with van der Waals surface area (Å²) in [6, 6.07) is 10.8. The van der Waals surface area contributed by atoms with Crippen molar-refractivity contribution in [2.75, 3.05) is 24.2 Å². The minimum Gasteiger partial charge on any atom is -0.497 e. The van der Waals surface area contributed by atoms with Crippen molar-refractivity contribution in [1.29, 1.82) is 0 Å². The molecule has 1 N–H and O–H groups in total. The number of carbonyl (C=O) groups is 2. The van der Waals surface area contributed by atoms with Gasteiger partial charge >= 0.3 is 0 Å². The number of hydrogen-bond donors (Lipinski definition) is 1. The lowest BCUT2D eigenvalue weighted by molar-refractivity contribution is -0.141. The van der Waals surface area contributed by atoms with Crippen LogP contribution in [0.2, 0.25) is 10.0 Å². The predicted molar refractivity (Wildman–Crippen MR) is 144 cm³/mol. The number of benzene rings is 2. The van der Waals surface area contributed by atoms with Crippen molar-refractivity contribution in [2.45, 2.75) is 52.2 Å². The Bertz CT molecular complexity index is 1180. The quantitative estimate of drug-likeness (QED) is 0.464. The molecular formula is C25H33Cl2N3O5S. The van der Waals surface area contributed by atoms with Gasteiger partial charge in [0.25, 0.3) is 0 Å². The van der Waals surface area contributed by atoms with Crippen molar-refractivity contribution in [3.05, 3.63) is 58.1 Å². The maximum Gasteiger partial charge on any atom is 0.244 e. The number of halogens is 2. The van der Waals surface area contributed by atoms with Gasteiger partial charge in [0.1, 0.15) is 18.3 Å². The topological polar surface area (TPSA) is 96.0 Å². The summed E-state index contributed by atoms with van der Waals surface area (Å²) in [5.41, 5.74) is 0.307. The summed E-state index contributed by atoms with van der Waals surface area (Å²) in [5.74, 6) is -0.255. The van der Waals surface area contributed by atoms with Crippen molar-refractivity contribution in [3.63, 3.8) is 0 Å². The summed E-state index contributed by atoms with van der Waals surface area (Å²) < 4.78 is 31.5. The Morgan fingerprint density at radius 2 is 1.69 bits per heavy atom. The first-order valence-electron chi connectivity index (χ1n) is 11.3. The molecule has 0 bridgehead atoms. The maximum atomic E-state index is 13.7. The first-order chi connectivity index (χ1) is 16.7. The number of rotatable bonds is 10. The molecule has 0 saturated heterocycles. The molecule has 198 valence electrons. The van der Waals surface area contributed by atoms with Crippen molar-refractivity contribution >= 4 is 50.7 Å². The monoisotopic (exact) mass is 557 g/mol. The van der Waals surface area contributed by atoms with E-state index in [2.05, 4.69) is 5.32 Å². The number of nitrogens with zero attached hydrogens (tertiary/aromatic N) is 2. The first-order valence-corrected chi connectivity index (χ1v) is 13.9. The van der Waals surface area contributed by atoms with Crippen LogP contribution in [0.3, 0.4) is 0 Å². The average Bonchev–Trinajstić information content (AvgIpc) is 2.77. The zero-order valence-electron chi connectivity index (χ0n) is 21.3. The van der Waals surface area contributed by atoms with Gasteiger partial charge < -0.3 is 15.0 Å². The Morgan fingerprint density at radius 1 is 1.08 bits per heavy atom. The van der Waals surface area contributed by atoms with E-state index in [0.717, 1.165) is 16.1 Å². The Labute approximate surface area is 223 Å². The molecule has 36 heavy (non-hydrogen) atoms. The van der Waals surface area contributed by atoms with Crippen LogP contribution in [0.1, 0.15) is 39.7 Å². The number of nitrogens with one attached hydrogen (secondary N) is 1. The van der Waals surface area contributed by atoms with E-state index in [1.165, 1.54) is 17.0 Å². The molecule has 0 spiro atoms. The van der Waals surface area contributed by atoms with Gasteiger partial charge in [0.15, 0.2) is 0 Å². The molecule has 1 atom stereocenters. The van der Waals surface area contributed by atoms with Gasteiger partial charge in [-0.2, -0.15) is 0 Å². The van der Waals surface area contributed by atoms with Crippen LogP contribution in [0.4, 0.5) is 5.69 Å². The fraction of sp³-hybridized carbons (Fsp3) is 0.440. The number of methoxy groups -OCH3 is 1. The summed E-state index contributed by atoms with van der Waals surface area (Å²) in [6.45, 7) is 6.86. The summed E-state index contributed by atoms with van der Waals surface area (Å²) in [6.07, 6.45) is 1.30. The van der Waals surface area contributed by atoms with E-state index in [9.17, 15) is 18.0 Å². The molecule has 8 nitrogen and oxygen atoms in total. The predicted octanol–water partition coefficient (Wildman–Crippen LogP) is 4.49. The van der Waals surface area contributed by atoms with Gasteiger partial charge in [0.2, 0.25) is 21.8 Å². The minimum absolute atomic E-state index is 0.0108. The van der Waals surface area contributed by atoms with Gasteiger partial charge in [-0.15, -0.1) is 0 Å². The zero-order chi connectivity index (χ0) is 27.3. The summed E-state index contributed by atoms with van der Waals surface area (Å²) in [5, 5.41) is 3.08. The molecular weight excluding hydrogens is 525 g/mol. The maximum absolute atomic E-state index is 13.7. The summed E-state index contributed by atoms with van der Waals surface area (Å²) >= 11 is 12.4. The van der Waals surface area contributed by atoms with Gasteiger partial charge in [-0.05, 0) is 57.0 Å². The molecule has 0 saturated carbocycles. The highest BCUT2D eigenvalue weighted by molar-refractivity contribution is 7.92. The molecule has 2 aromatic carbocycles. The zero-order valence-corrected chi connectivity index (χ0v) is 23.7. The highest BCUT2D eigenvalue weighted by Gasteiger charge is 2.33. The molecule has 0 fully saturated rings. The molecule has 0 aliphatic heterocycles. The largest absolute Gasteiger partial charge is 0.497 e. The lowest BCUT2D eigenvalue weighted by Crippen LogP contribution is -2.55. The highest BCUT2D eigenvalue weighted by atomic mass is 35.5. The molecule has 11 heteroatoms. The van der Waals surface area contributed by atoms with E-state index in [4.69, 9.17) is 27.9 Å². The molecule has 2 aromatic rings. The Kier molecular flexibility index (Phi) is 10.0. The number of carbonyl (C=O) groups excluding carboxylic acids is 2. The fourth-order valence-electron chi connectivity index (χ4n) is 3.58. The molecule has 2 rings (SSSR count). The lowest BCUT2D eigenvalue weighted by atomic mass is 10.1. The third kappa shape index (κ3) is 8.01. The van der Waals surface area contributed by atoms with E-state index < -0.39 is 34.1 Å². The second kappa shape index (κ2) is 12.2. The summed E-state index contributed by atoms with van der Waals surface area (Å²) in [4.78, 5) is 28.3. The SMILES string of the molecule is CC[C@H](C(=O)NC(C)(C)C)N(Cc1ccc(OC)cc1)C(=O)CN(c1cccc(Cl)c1Cl)S(C)(=O)=O. The van der Waals surface area contributed by atoms with E-state index in [-0.39, 0.29) is 28.2 Å². The van der Waals surface area contributed by atoms with Crippen molar-refractivity contribution in [3.8, 4) is 5.75 Å². The van der Waals surface area contributed by atoms with Crippen molar-refractivity contribution in [1.82, 2.24) is 10.2 Å². The second-order valence-electron chi connectivity index (χ2n) is 9.38. The molecule has 0 unspecified atom stereocenters. The van der Waals surface area contributed by atoms with E-state index in [0.29, 0.717) is 12.2 Å². The molecule has 0 aromatic heterocycles. The normalized spacial score (nSPS) is 12.6. The van der Waals surface area contributed by atoms with Crippen LogP contribution in [0, 0.1) is 0 Å². The summed E-state index contributed by atoms with van der Waals surface area (Å²) in [7, 11) is -2.37. The van der Waals surface area contributed by atoms with Gasteiger partial charge in [0.05, 0.1) is 29.1 Å². The van der Waals surface area contributed by atoms with Crippen LogP contribution in [-0.2, 0) is 26.2 Å². The Hall–Kier alpha value is -2.49. The number of anilines is 1. The molecule has 0 aliphatic carbocycles. The third-order valence-electron chi connectivity index (χ3n) is 5.28. The van der Waals surface area contributed by atoms with Crippen molar-refractivity contribution < 1.29 is 22.7 Å². The van der Waals surface area contributed by atoms with Crippen LogP contribution in [0.15, 0.2) is 42.5 Å². The lowest BCUT2D eigenvalue weighted by Gasteiger charge is -2.34. The number of hydrogen-bond acceptors (Lipinski definition) is 5. The van der Waals surface area contributed by atoms with Crippen LogP contribution in [-0.4, -0.2) is 56.6 Å². The fourth-order valence-corrected chi connectivity index (χ4v) is 4.88. The van der Waals surface area contributed by atoms with E-state index in [1.54, 1.807) is 44.4 Å². The Morgan fingerprint density at radius 3 is 2.19 bits per heavy atom. The Balaban J connectivity index is 2.50. The number of ether oxygens (including phenoxy) is 1. The number of sulfonamides is 1. The molecule has 0 heterocycles.